The Balaban J connectivity index is 2.08. The van der Waals surface area contributed by atoms with Crippen molar-refractivity contribution in [3.8, 4) is 0 Å². The van der Waals surface area contributed by atoms with Gasteiger partial charge in [0.15, 0.2) is 0 Å². The van der Waals surface area contributed by atoms with Gasteiger partial charge in [-0.15, -0.1) is 0 Å². The topological polar surface area (TPSA) is 58.4 Å². The second-order valence-corrected chi connectivity index (χ2v) is 5.02. The van der Waals surface area contributed by atoms with Crippen molar-refractivity contribution in [3.63, 3.8) is 0 Å². The molecule has 0 aliphatic rings. The number of benzene rings is 2. The lowest BCUT2D eigenvalue weighted by atomic mass is 10.1. The number of nitrogens with one attached hydrogen (secondary N) is 1. The van der Waals surface area contributed by atoms with Gasteiger partial charge >= 0.3 is 6.03 Å². The Morgan fingerprint density at radius 1 is 1.14 bits per heavy atom. The molecule has 5 heteroatoms. The zero-order valence-electron chi connectivity index (χ0n) is 11.7. The first-order valence-electron chi connectivity index (χ1n) is 6.54. The average Bonchev–Trinajstić information content (AvgIpc) is 2.52. The first-order chi connectivity index (χ1) is 10.1. The van der Waals surface area contributed by atoms with Gasteiger partial charge in [-0.3, -0.25) is 4.90 Å². The highest BCUT2D eigenvalue weighted by Crippen LogP contribution is 2.19. The minimum atomic E-state index is -0.206. The number of hydrogen-bond acceptors (Lipinski definition) is 2. The Kier molecular flexibility index (Phi) is 4.90. The number of amides is 2. The number of rotatable bonds is 4. The summed E-state index contributed by atoms with van der Waals surface area (Å²) in [5.41, 5.74) is 8.11. The van der Waals surface area contributed by atoms with Crippen LogP contribution in [0.3, 0.4) is 0 Å². The van der Waals surface area contributed by atoms with Crippen molar-refractivity contribution < 1.29 is 4.79 Å². The summed E-state index contributed by atoms with van der Waals surface area (Å²) >= 11 is 5.02. The quantitative estimate of drug-likeness (QED) is 0.853. The van der Waals surface area contributed by atoms with Gasteiger partial charge in [0.2, 0.25) is 0 Å². The number of para-hydroxylation sites is 1. The fourth-order valence-electron chi connectivity index (χ4n) is 1.98. The molecule has 0 aliphatic heterocycles. The van der Waals surface area contributed by atoms with Gasteiger partial charge in [-0.2, -0.15) is 0 Å². The third kappa shape index (κ3) is 3.79. The molecule has 0 fully saturated rings. The van der Waals surface area contributed by atoms with E-state index in [0.717, 1.165) is 5.56 Å². The van der Waals surface area contributed by atoms with Gasteiger partial charge in [-0.05, 0) is 17.7 Å². The third-order valence-electron chi connectivity index (χ3n) is 3.12. The van der Waals surface area contributed by atoms with E-state index in [0.29, 0.717) is 17.8 Å². The molecule has 2 amide bonds. The van der Waals surface area contributed by atoms with Crippen LogP contribution in [-0.4, -0.2) is 18.1 Å². The van der Waals surface area contributed by atoms with Crippen LogP contribution in [0.25, 0.3) is 0 Å². The van der Waals surface area contributed by atoms with Crippen molar-refractivity contribution in [2.24, 2.45) is 5.73 Å². The molecular formula is C16H17N3OS. The predicted molar refractivity (Wildman–Crippen MR) is 89.4 cm³/mol. The van der Waals surface area contributed by atoms with Crippen molar-refractivity contribution in [2.75, 3.05) is 11.9 Å². The van der Waals surface area contributed by atoms with Crippen molar-refractivity contribution in [2.45, 2.75) is 6.54 Å². The minimum absolute atomic E-state index is 0.206. The minimum Gasteiger partial charge on any atom is -0.389 e. The normalized spacial score (nSPS) is 9.95. The number of carbonyl (C=O) groups excluding carboxylic acids is 1. The number of carbonyl (C=O) groups is 1. The highest BCUT2D eigenvalue weighted by atomic mass is 32.1. The van der Waals surface area contributed by atoms with Crippen LogP contribution in [0.5, 0.6) is 0 Å². The summed E-state index contributed by atoms with van der Waals surface area (Å²) in [6.45, 7) is 0.471. The maximum Gasteiger partial charge on any atom is 0.321 e. The number of anilines is 1. The predicted octanol–water partition coefficient (Wildman–Crippen LogP) is 2.67. The molecule has 4 nitrogen and oxygen atoms in total. The zero-order valence-corrected chi connectivity index (χ0v) is 12.6. The zero-order chi connectivity index (χ0) is 15.2. The van der Waals surface area contributed by atoms with E-state index in [1.165, 1.54) is 4.90 Å². The first-order valence-corrected chi connectivity index (χ1v) is 6.94. The first kappa shape index (κ1) is 15.0. The fourth-order valence-corrected chi connectivity index (χ4v) is 2.15. The number of urea groups is 1. The molecule has 0 radical (unpaired) electrons. The van der Waals surface area contributed by atoms with Gasteiger partial charge in [0.25, 0.3) is 0 Å². The van der Waals surface area contributed by atoms with Gasteiger partial charge in [0.1, 0.15) is 4.99 Å². The van der Waals surface area contributed by atoms with Crippen molar-refractivity contribution in [1.29, 1.82) is 0 Å². The summed E-state index contributed by atoms with van der Waals surface area (Å²) < 4.78 is 0. The third-order valence-corrected chi connectivity index (χ3v) is 3.34. The smallest absolute Gasteiger partial charge is 0.321 e. The summed E-state index contributed by atoms with van der Waals surface area (Å²) in [5, 5.41) is 2.87. The lowest BCUT2D eigenvalue weighted by Crippen LogP contribution is -2.37. The largest absolute Gasteiger partial charge is 0.389 e. The summed E-state index contributed by atoms with van der Waals surface area (Å²) in [5.74, 6) is 0. The van der Waals surface area contributed by atoms with Crippen LogP contribution in [0, 0.1) is 0 Å². The summed E-state index contributed by atoms with van der Waals surface area (Å²) in [6, 6.07) is 16.8. The van der Waals surface area contributed by atoms with E-state index >= 15 is 0 Å². The molecule has 2 aromatic rings. The van der Waals surface area contributed by atoms with Crippen LogP contribution < -0.4 is 16.0 Å². The van der Waals surface area contributed by atoms with E-state index in [1.807, 2.05) is 48.5 Å². The molecule has 21 heavy (non-hydrogen) atoms. The Labute approximate surface area is 129 Å². The molecule has 2 aromatic carbocycles. The second kappa shape index (κ2) is 6.85. The van der Waals surface area contributed by atoms with Crippen LogP contribution in [0.4, 0.5) is 10.5 Å². The summed E-state index contributed by atoms with van der Waals surface area (Å²) in [4.78, 5) is 14.0. The average molecular weight is 299 g/mol. The van der Waals surface area contributed by atoms with Crippen LogP contribution in [0.1, 0.15) is 11.1 Å². The second-order valence-electron chi connectivity index (χ2n) is 4.58. The Hall–Kier alpha value is -2.40. The van der Waals surface area contributed by atoms with Gasteiger partial charge in [0, 0.05) is 19.2 Å². The van der Waals surface area contributed by atoms with E-state index < -0.39 is 0 Å². The van der Waals surface area contributed by atoms with Crippen molar-refractivity contribution in [3.05, 3.63) is 65.7 Å². The molecule has 0 atom stereocenters. The monoisotopic (exact) mass is 299 g/mol. The molecular weight excluding hydrogens is 282 g/mol. The molecule has 0 aromatic heterocycles. The molecule has 0 unspecified atom stereocenters. The van der Waals surface area contributed by atoms with Gasteiger partial charge < -0.3 is 11.1 Å². The highest BCUT2D eigenvalue weighted by molar-refractivity contribution is 7.80. The van der Waals surface area contributed by atoms with Gasteiger partial charge in [-0.25, -0.2) is 4.79 Å². The van der Waals surface area contributed by atoms with E-state index in [2.05, 4.69) is 5.32 Å². The molecule has 0 aliphatic carbocycles. The van der Waals surface area contributed by atoms with Gasteiger partial charge in [0.05, 0.1) is 5.69 Å². The van der Waals surface area contributed by atoms with E-state index in [-0.39, 0.29) is 11.0 Å². The van der Waals surface area contributed by atoms with Gasteiger partial charge in [-0.1, -0.05) is 54.7 Å². The van der Waals surface area contributed by atoms with E-state index in [4.69, 9.17) is 18.0 Å². The SMILES string of the molecule is CN(C(=O)NCc1ccccc1)c1ccccc1C(N)=S. The lowest BCUT2D eigenvalue weighted by molar-refractivity contribution is 0.247. The standard InChI is InChI=1S/C16H17N3OS/c1-19(14-10-6-5-9-13(14)15(17)21)16(20)18-11-12-7-3-2-4-8-12/h2-10H,11H2,1H3,(H2,17,21)(H,18,20). The van der Waals surface area contributed by atoms with E-state index in [9.17, 15) is 4.79 Å². The van der Waals surface area contributed by atoms with Crippen LogP contribution in [0.15, 0.2) is 54.6 Å². The Bertz CT molecular complexity index is 643. The Morgan fingerprint density at radius 2 is 1.76 bits per heavy atom. The fraction of sp³-hybridized carbons (Fsp3) is 0.125. The molecule has 0 spiro atoms. The van der Waals surface area contributed by atoms with E-state index in [1.54, 1.807) is 13.1 Å². The number of hydrogen-bond donors (Lipinski definition) is 2. The molecule has 2 rings (SSSR count). The molecule has 3 N–H and O–H groups in total. The van der Waals surface area contributed by atoms with Crippen LogP contribution in [-0.2, 0) is 6.54 Å². The number of thiocarbonyl (C=S) groups is 1. The maximum absolute atomic E-state index is 12.2. The Morgan fingerprint density at radius 3 is 2.43 bits per heavy atom. The van der Waals surface area contributed by atoms with Crippen molar-refractivity contribution >= 4 is 28.9 Å². The molecule has 0 heterocycles. The lowest BCUT2D eigenvalue weighted by Gasteiger charge is -2.20. The number of nitrogens with two attached hydrogens (primary N) is 1. The summed E-state index contributed by atoms with van der Waals surface area (Å²) in [7, 11) is 1.69. The molecule has 0 saturated carbocycles. The van der Waals surface area contributed by atoms with Crippen LogP contribution >= 0.6 is 12.2 Å². The number of nitrogens with zero attached hydrogens (tertiary/aromatic N) is 1. The summed E-state index contributed by atoms with van der Waals surface area (Å²) in [6.07, 6.45) is 0. The van der Waals surface area contributed by atoms with Crippen LogP contribution in [0.2, 0.25) is 0 Å². The highest BCUT2D eigenvalue weighted by Gasteiger charge is 2.14. The van der Waals surface area contributed by atoms with Crippen molar-refractivity contribution in [1.82, 2.24) is 5.32 Å². The maximum atomic E-state index is 12.2. The molecule has 0 saturated heterocycles. The molecule has 108 valence electrons. The molecule has 0 bridgehead atoms.